The van der Waals surface area contributed by atoms with Crippen LogP contribution in [0.3, 0.4) is 0 Å². The number of nitriles is 2. The Morgan fingerprint density at radius 3 is 1.47 bits per heavy atom. The number of hydrogen-bond donors (Lipinski definition) is 0. The Kier molecular flexibility index (Phi) is 10.0. The molecule has 0 aliphatic carbocycles. The Labute approximate surface area is 381 Å². The zero-order valence-electron chi connectivity index (χ0n) is 35.6. The van der Waals surface area contributed by atoms with E-state index in [9.17, 15) is 50.0 Å². The molecule has 2 heterocycles. The summed E-state index contributed by atoms with van der Waals surface area (Å²) in [4.78, 5) is 0. The summed E-state index contributed by atoms with van der Waals surface area (Å²) in [5, 5.41) is 23.6. The summed E-state index contributed by atoms with van der Waals surface area (Å²) in [5.74, 6) is 0. The molecule has 0 saturated heterocycles. The van der Waals surface area contributed by atoms with E-state index >= 15 is 0 Å². The number of aryl methyl sites for hydroxylation is 2. The molecule has 0 aliphatic heterocycles. The molecule has 68 heavy (non-hydrogen) atoms. The first kappa shape index (κ1) is 43.6. The number of benzene rings is 8. The molecule has 0 fully saturated rings. The number of alkyl halides is 9. The SMILES string of the molecule is Cc1cc(C#N)cc(-c2cc(-n3c4ccccc4c4cc(-c5ccc(C(F)(F)F)cc5C(F)(F)F)ccc43)c(C#N)cc2-n2c3ccccc3c3cc(-c4ccc(C)cc4C(F)(F)F)ccc32)c1. The predicted octanol–water partition coefficient (Wildman–Crippen LogP) is 16.3. The lowest BCUT2D eigenvalue weighted by Gasteiger charge is -2.19. The minimum absolute atomic E-state index is 0.0147. The lowest BCUT2D eigenvalue weighted by Crippen LogP contribution is -2.12. The van der Waals surface area contributed by atoms with Gasteiger partial charge in [-0.3, -0.25) is 0 Å². The fourth-order valence-corrected chi connectivity index (χ4v) is 9.42. The number of nitrogens with zero attached hydrogens (tertiary/aromatic N) is 4. The van der Waals surface area contributed by atoms with Gasteiger partial charge >= 0.3 is 18.5 Å². The maximum Gasteiger partial charge on any atom is 0.417 e. The van der Waals surface area contributed by atoms with Crippen molar-refractivity contribution in [2.24, 2.45) is 0 Å². The topological polar surface area (TPSA) is 57.4 Å². The molecule has 334 valence electrons. The van der Waals surface area contributed by atoms with Crippen molar-refractivity contribution < 1.29 is 39.5 Å². The minimum atomic E-state index is -5.11. The summed E-state index contributed by atoms with van der Waals surface area (Å²) in [6, 6.07) is 43.2. The first-order valence-electron chi connectivity index (χ1n) is 21.0. The highest BCUT2D eigenvalue weighted by Gasteiger charge is 2.39. The van der Waals surface area contributed by atoms with Crippen LogP contribution in [0.1, 0.15) is 38.9 Å². The molecular formula is C55H31F9N4. The van der Waals surface area contributed by atoms with E-state index in [0.29, 0.717) is 83.5 Å². The maximum absolute atomic E-state index is 14.4. The van der Waals surface area contributed by atoms with Crippen molar-refractivity contribution in [3.63, 3.8) is 0 Å². The van der Waals surface area contributed by atoms with E-state index < -0.39 is 40.8 Å². The number of hydrogen-bond acceptors (Lipinski definition) is 2. The van der Waals surface area contributed by atoms with Crippen molar-refractivity contribution in [2.75, 3.05) is 0 Å². The van der Waals surface area contributed by atoms with Gasteiger partial charge in [-0.25, -0.2) is 0 Å². The highest BCUT2D eigenvalue weighted by Crippen LogP contribution is 2.46. The van der Waals surface area contributed by atoms with Crippen LogP contribution in [0.15, 0.2) is 152 Å². The Morgan fingerprint density at radius 1 is 0.397 bits per heavy atom. The van der Waals surface area contributed by atoms with E-state index in [4.69, 9.17) is 0 Å². The first-order valence-corrected chi connectivity index (χ1v) is 21.0. The second-order valence-corrected chi connectivity index (χ2v) is 16.7. The number of para-hydroxylation sites is 2. The molecule has 2 aromatic heterocycles. The molecular weight excluding hydrogens is 888 g/mol. The molecule has 0 bridgehead atoms. The molecule has 0 radical (unpaired) electrons. The van der Waals surface area contributed by atoms with Gasteiger partial charge in [0.15, 0.2) is 0 Å². The van der Waals surface area contributed by atoms with Crippen LogP contribution in [0, 0.1) is 36.5 Å². The molecule has 0 spiro atoms. The zero-order valence-corrected chi connectivity index (χ0v) is 35.6. The fraction of sp³-hybridized carbons (Fsp3) is 0.0909. The number of aromatic nitrogens is 2. The third kappa shape index (κ3) is 7.28. The van der Waals surface area contributed by atoms with Crippen LogP contribution in [-0.4, -0.2) is 9.13 Å². The van der Waals surface area contributed by atoms with Crippen LogP contribution in [0.5, 0.6) is 0 Å². The van der Waals surface area contributed by atoms with Crippen LogP contribution in [-0.2, 0) is 18.5 Å². The lowest BCUT2D eigenvalue weighted by atomic mass is 9.95. The smallest absolute Gasteiger partial charge is 0.309 e. The van der Waals surface area contributed by atoms with Crippen molar-refractivity contribution in [2.45, 2.75) is 32.4 Å². The highest BCUT2D eigenvalue weighted by molar-refractivity contribution is 6.12. The van der Waals surface area contributed by atoms with Gasteiger partial charge in [0.2, 0.25) is 0 Å². The van der Waals surface area contributed by atoms with Crippen LogP contribution < -0.4 is 0 Å². The van der Waals surface area contributed by atoms with Crippen LogP contribution >= 0.6 is 0 Å². The summed E-state index contributed by atoms with van der Waals surface area (Å²) in [5.41, 5.74) is 2.42. The number of rotatable bonds is 5. The Hall–Kier alpha value is -8.29. The molecule has 8 aromatic carbocycles. The molecule has 0 saturated carbocycles. The molecule has 0 amide bonds. The van der Waals surface area contributed by atoms with Crippen LogP contribution in [0.4, 0.5) is 39.5 Å². The molecule has 0 aliphatic rings. The van der Waals surface area contributed by atoms with Gasteiger partial charge < -0.3 is 9.13 Å². The van der Waals surface area contributed by atoms with E-state index in [-0.39, 0.29) is 22.8 Å². The Morgan fingerprint density at radius 2 is 0.926 bits per heavy atom. The van der Waals surface area contributed by atoms with E-state index in [1.165, 1.54) is 18.2 Å². The largest absolute Gasteiger partial charge is 0.417 e. The third-order valence-electron chi connectivity index (χ3n) is 12.3. The first-order chi connectivity index (χ1) is 32.3. The maximum atomic E-state index is 14.4. The summed E-state index contributed by atoms with van der Waals surface area (Å²) in [6.45, 7) is 3.43. The van der Waals surface area contributed by atoms with Gasteiger partial charge in [0.05, 0.1) is 67.3 Å². The molecule has 10 rings (SSSR count). The quantitative estimate of drug-likeness (QED) is 0.162. The van der Waals surface area contributed by atoms with Gasteiger partial charge in [-0.05, 0) is 126 Å². The summed E-state index contributed by atoms with van der Waals surface area (Å²) < 4.78 is 131. The van der Waals surface area contributed by atoms with E-state index in [0.717, 1.165) is 23.1 Å². The Bertz CT molecular complexity index is 3820. The van der Waals surface area contributed by atoms with Gasteiger partial charge in [0.25, 0.3) is 0 Å². The summed E-state index contributed by atoms with van der Waals surface area (Å²) >= 11 is 0. The monoisotopic (exact) mass is 918 g/mol. The van der Waals surface area contributed by atoms with E-state index in [1.54, 1.807) is 90.4 Å². The Balaban J connectivity index is 1.25. The van der Waals surface area contributed by atoms with Crippen molar-refractivity contribution in [1.82, 2.24) is 9.13 Å². The minimum Gasteiger partial charge on any atom is -0.309 e. The molecule has 13 heteroatoms. The van der Waals surface area contributed by atoms with Crippen LogP contribution in [0.2, 0.25) is 0 Å². The third-order valence-corrected chi connectivity index (χ3v) is 12.3. The normalized spacial score (nSPS) is 12.3. The summed E-state index contributed by atoms with van der Waals surface area (Å²) in [6.07, 6.45) is -14.7. The van der Waals surface area contributed by atoms with Gasteiger partial charge in [0, 0.05) is 27.1 Å². The molecule has 0 unspecified atom stereocenters. The predicted molar refractivity (Wildman–Crippen MR) is 245 cm³/mol. The molecule has 0 atom stereocenters. The molecule has 4 nitrogen and oxygen atoms in total. The molecule has 10 aromatic rings. The van der Waals surface area contributed by atoms with E-state index in [1.807, 2.05) is 41.8 Å². The van der Waals surface area contributed by atoms with E-state index in [2.05, 4.69) is 12.1 Å². The van der Waals surface area contributed by atoms with Crippen molar-refractivity contribution in [1.29, 1.82) is 10.5 Å². The number of halogens is 9. The zero-order chi connectivity index (χ0) is 48.0. The van der Waals surface area contributed by atoms with Gasteiger partial charge in [-0.2, -0.15) is 50.0 Å². The second kappa shape index (κ2) is 15.7. The summed E-state index contributed by atoms with van der Waals surface area (Å²) in [7, 11) is 0. The number of fused-ring (bicyclic) bond motifs is 6. The lowest BCUT2D eigenvalue weighted by molar-refractivity contribution is -0.143. The second-order valence-electron chi connectivity index (χ2n) is 16.7. The average molecular weight is 919 g/mol. The van der Waals surface area contributed by atoms with Gasteiger partial charge in [0.1, 0.15) is 6.07 Å². The van der Waals surface area contributed by atoms with Gasteiger partial charge in [-0.1, -0.05) is 78.4 Å². The van der Waals surface area contributed by atoms with Crippen LogP contribution in [0.25, 0.3) is 88.4 Å². The highest BCUT2D eigenvalue weighted by atomic mass is 19.4. The average Bonchev–Trinajstić information content (AvgIpc) is 3.81. The molecule has 0 N–H and O–H groups in total. The van der Waals surface area contributed by atoms with Gasteiger partial charge in [-0.15, -0.1) is 0 Å². The van der Waals surface area contributed by atoms with Crippen molar-refractivity contribution >= 4 is 43.6 Å². The fourth-order valence-electron chi connectivity index (χ4n) is 9.42. The van der Waals surface area contributed by atoms with Crippen molar-refractivity contribution in [3.8, 4) is 56.9 Å². The standard InChI is InChI=1S/C55H31F9N4/c1-30-11-15-38(45(21-30)54(59,60)61)33-13-18-50-44(23-33)41-8-4-6-10-48(41)68(50)52-25-36(29-66)51(27-42(52)35-20-31(2)19-32(22-35)28-65)67-47-9-5-3-7-40(47)43-24-34(12-17-49(43)67)39-16-14-37(53(56,57)58)26-46(39)55(62,63)64/h3-27H,1-2H3. The van der Waals surface area contributed by atoms with Crippen molar-refractivity contribution in [3.05, 3.63) is 191 Å².